The Morgan fingerprint density at radius 2 is 0.300 bits per heavy atom. The molecule has 0 spiro atoms. The van der Waals surface area contributed by atoms with Crippen LogP contribution in [0, 0.1) is 0 Å². The van der Waals surface area contributed by atoms with Crippen LogP contribution in [0.3, 0.4) is 0 Å². The summed E-state index contributed by atoms with van der Waals surface area (Å²) in [5.74, 6) is 0. The molecule has 2 rings (SSSR count). The molecule has 0 nitrogen and oxygen atoms in total. The van der Waals surface area contributed by atoms with E-state index in [1.807, 2.05) is 0 Å². The third-order valence-electron chi connectivity index (χ3n) is 2.50. The molecule has 2 saturated heterocycles. The maximum Gasteiger partial charge on any atom is -0.00934 e. The number of hydrogen-bond acceptors (Lipinski definition) is 0. The average molecular weight is 301 g/mol. The fourth-order valence-electron chi connectivity index (χ4n) is 1.77. The van der Waals surface area contributed by atoms with Gasteiger partial charge < -0.3 is 0 Å². The van der Waals surface area contributed by atoms with Crippen LogP contribution in [0.4, 0.5) is 0 Å². The third-order valence-corrected chi connectivity index (χ3v) is 202. The average Bonchev–Trinajstić information content (AvgIpc) is 2.67. The molecule has 0 aromatic rings. The van der Waals surface area contributed by atoms with Crippen LogP contribution in [-0.2, 0) is 0 Å². The fourth-order valence-corrected chi connectivity index (χ4v) is 430. The molecule has 0 unspecified atom stereocenters. The smallest absolute Gasteiger partial charge is 0.00934 e. The van der Waals surface area contributed by atoms with Crippen LogP contribution in [0.25, 0.3) is 0 Å². The molecular weight excluding hydrogens is 281 g/mol. The Balaban J connectivity index is 0.0000001000. The first-order chi connectivity index (χ1) is 5.00. The van der Waals surface area contributed by atoms with Crippen molar-refractivity contribution in [2.75, 3.05) is 0 Å². The van der Waals surface area contributed by atoms with Crippen molar-refractivity contribution in [2.24, 2.45) is 0 Å². The van der Waals surface area contributed by atoms with Crippen LogP contribution in [0.15, 0.2) is 0 Å². The van der Waals surface area contributed by atoms with E-state index in [4.69, 9.17) is 0 Å². The van der Waals surface area contributed by atoms with Crippen LogP contribution in [0.5, 0.6) is 0 Å². The second-order valence-corrected chi connectivity index (χ2v) is 95.5. The van der Waals surface area contributed by atoms with E-state index < -0.39 is 0 Å². The molecule has 60 valence electrons. The summed E-state index contributed by atoms with van der Waals surface area (Å²) in [6, 6.07) is 0. The van der Waals surface area contributed by atoms with Gasteiger partial charge in [-0.15, -0.1) is 0 Å². The van der Waals surface area contributed by atoms with E-state index in [0.29, 0.717) is 0 Å². The minimum atomic E-state index is 0.944. The zero-order valence-corrected chi connectivity index (χ0v) is 21.2. The maximum absolute atomic E-state index is 0.944. The van der Waals surface area contributed by atoms with Crippen molar-refractivity contribution in [1.82, 2.24) is 0 Å². The molecule has 0 aromatic heterocycles. The first kappa shape index (κ1) is 10.3. The highest BCUT2D eigenvalue weighted by Crippen LogP contribution is 1.63. The number of hydrogen-bond donors (Lipinski definition) is 0. The fraction of sp³-hybridized carbons (Fsp3) is 0. The Hall–Kier alpha value is 2.17. The lowest BCUT2D eigenvalue weighted by Crippen LogP contribution is -2.00. The van der Waals surface area contributed by atoms with Gasteiger partial charge in [-0.25, -0.2) is 0 Å². The summed E-state index contributed by atoms with van der Waals surface area (Å²) in [6.07, 6.45) is 0. The largest absolute Gasteiger partial charge is 0.00934 e. The van der Waals surface area contributed by atoms with E-state index in [0.717, 1.165) is 85.5 Å². The second-order valence-electron chi connectivity index (χ2n) is 3.54. The third kappa shape index (κ3) is 5.77. The lowest BCUT2D eigenvalue weighted by atomic mass is 26.5. The Kier molecular flexibility index (Phi) is 8.00. The molecule has 10 heavy (non-hydrogen) atoms. The van der Waals surface area contributed by atoms with Gasteiger partial charge >= 0.3 is 0 Å². The summed E-state index contributed by atoms with van der Waals surface area (Å²) < 4.78 is 0. The molecule has 0 bridgehead atoms. The SMILES string of the molecule is [SiH2]1[SiH2][SiH2][SiH2][SiH2]1.[SiH2]1[SiH2][SiH2][SiH2][SiH2]1. The Bertz CT molecular complexity index is 33.2. The molecular formula is H20Si10. The van der Waals surface area contributed by atoms with Gasteiger partial charge in [0.05, 0.1) is 0 Å². The van der Waals surface area contributed by atoms with Crippen molar-refractivity contribution >= 4 is 85.5 Å². The molecule has 2 aliphatic heterocycles. The lowest BCUT2D eigenvalue weighted by molar-refractivity contribution is 4.14. The van der Waals surface area contributed by atoms with E-state index in [1.54, 1.807) is 0 Å². The minimum absolute atomic E-state index is 0.944. The topological polar surface area (TPSA) is 0 Å². The molecule has 0 atom stereocenters. The molecule has 0 aromatic carbocycles. The van der Waals surface area contributed by atoms with E-state index in [2.05, 4.69) is 0 Å². The summed E-state index contributed by atoms with van der Waals surface area (Å²) in [4.78, 5) is 0. The quantitative estimate of drug-likeness (QED) is 0.390. The van der Waals surface area contributed by atoms with Crippen molar-refractivity contribution in [2.45, 2.75) is 0 Å². The molecule has 10 heteroatoms. The predicted molar refractivity (Wildman–Crippen MR) is 85.4 cm³/mol. The molecule has 0 radical (unpaired) electrons. The van der Waals surface area contributed by atoms with Gasteiger partial charge in [0, 0.05) is 0 Å². The Morgan fingerprint density at radius 3 is 0.400 bits per heavy atom. The normalized spacial score (nSPS) is 48.0. The Morgan fingerprint density at radius 1 is 0.200 bits per heavy atom. The van der Waals surface area contributed by atoms with Crippen LogP contribution >= 0.6 is 0 Å². The zero-order valence-electron chi connectivity index (χ0n) is 7.07. The summed E-state index contributed by atoms with van der Waals surface area (Å²) in [5, 5.41) is 0. The maximum atomic E-state index is 0.944. The van der Waals surface area contributed by atoms with Gasteiger partial charge in [0.25, 0.3) is 0 Å². The van der Waals surface area contributed by atoms with Gasteiger partial charge in [0.15, 0.2) is 0 Å². The second kappa shape index (κ2) is 7.80. The van der Waals surface area contributed by atoms with Crippen molar-refractivity contribution in [1.29, 1.82) is 0 Å². The predicted octanol–water partition coefficient (Wildman–Crippen LogP) is -9.16. The summed E-state index contributed by atoms with van der Waals surface area (Å²) in [5.41, 5.74) is 0. The first-order valence-electron chi connectivity index (χ1n) is 5.00. The first-order valence-corrected chi connectivity index (χ1v) is 45.0. The molecule has 0 N–H and O–H groups in total. The van der Waals surface area contributed by atoms with E-state index in [1.165, 1.54) is 0 Å². The van der Waals surface area contributed by atoms with Crippen LogP contribution < -0.4 is 0 Å². The standard InChI is InChI=1S/2H10Si5/c2*1-2-4-5-3-1/h2*1-5H2. The zero-order chi connectivity index (χ0) is 7.07. The highest BCUT2D eigenvalue weighted by molar-refractivity contribution is 7.76. The van der Waals surface area contributed by atoms with Crippen molar-refractivity contribution < 1.29 is 0 Å². The summed E-state index contributed by atoms with van der Waals surface area (Å²) >= 11 is 0. The molecule has 2 fully saturated rings. The van der Waals surface area contributed by atoms with Crippen LogP contribution in [0.2, 0.25) is 0 Å². The van der Waals surface area contributed by atoms with Gasteiger partial charge in [-0.05, 0) is 85.5 Å². The van der Waals surface area contributed by atoms with Crippen molar-refractivity contribution in [3.8, 4) is 0 Å². The molecule has 2 aliphatic rings. The molecule has 0 aliphatic carbocycles. The Labute approximate surface area is 85.0 Å². The number of rotatable bonds is 0. The van der Waals surface area contributed by atoms with E-state index in [9.17, 15) is 0 Å². The van der Waals surface area contributed by atoms with Gasteiger partial charge in [-0.2, -0.15) is 0 Å². The minimum Gasteiger partial charge on any atom is -0.00934 e. The van der Waals surface area contributed by atoms with E-state index >= 15 is 0 Å². The van der Waals surface area contributed by atoms with Gasteiger partial charge in [-0.3, -0.25) is 0 Å². The molecule has 0 amide bonds. The molecule has 2 heterocycles. The highest BCUT2D eigenvalue weighted by atomic mass is 30.1. The van der Waals surface area contributed by atoms with Gasteiger partial charge in [-0.1, -0.05) is 0 Å². The highest BCUT2D eigenvalue weighted by Gasteiger charge is 2.00. The summed E-state index contributed by atoms with van der Waals surface area (Å²) in [7, 11) is 9.44. The van der Waals surface area contributed by atoms with Crippen molar-refractivity contribution in [3.05, 3.63) is 0 Å². The van der Waals surface area contributed by atoms with Crippen LogP contribution in [0.1, 0.15) is 0 Å². The molecule has 0 saturated carbocycles. The van der Waals surface area contributed by atoms with E-state index in [-0.39, 0.29) is 0 Å². The monoisotopic (exact) mass is 300 g/mol. The van der Waals surface area contributed by atoms with Gasteiger partial charge in [0.2, 0.25) is 0 Å². The lowest BCUT2D eigenvalue weighted by Gasteiger charge is -1.63. The van der Waals surface area contributed by atoms with Crippen LogP contribution in [-0.4, -0.2) is 85.5 Å². The van der Waals surface area contributed by atoms with Gasteiger partial charge in [0.1, 0.15) is 0 Å². The van der Waals surface area contributed by atoms with Crippen molar-refractivity contribution in [3.63, 3.8) is 0 Å². The summed E-state index contributed by atoms with van der Waals surface area (Å²) in [6.45, 7) is 0.